The summed E-state index contributed by atoms with van der Waals surface area (Å²) in [6.07, 6.45) is 0. The van der Waals surface area contributed by atoms with Crippen molar-refractivity contribution in [1.82, 2.24) is 0 Å². The first kappa shape index (κ1) is 15.9. The Labute approximate surface area is 114 Å². The van der Waals surface area contributed by atoms with Gasteiger partial charge in [-0.2, -0.15) is 0 Å². The Morgan fingerprint density at radius 1 is 0.842 bits per heavy atom. The zero-order valence-corrected chi connectivity index (χ0v) is 11.5. The van der Waals surface area contributed by atoms with E-state index in [0.29, 0.717) is 46.2 Å². The minimum atomic E-state index is 0.528. The summed E-state index contributed by atoms with van der Waals surface area (Å²) in [5.74, 6) is 0.831. The van der Waals surface area contributed by atoms with Gasteiger partial charge in [0.25, 0.3) is 0 Å². The fraction of sp³-hybridized carbons (Fsp3) is 0.571. The predicted molar refractivity (Wildman–Crippen MR) is 73.3 cm³/mol. The average Bonchev–Trinajstić information content (AvgIpc) is 2.46. The molecule has 0 amide bonds. The summed E-state index contributed by atoms with van der Waals surface area (Å²) in [6.45, 7) is 3.98. The molecule has 19 heavy (non-hydrogen) atoms. The molecule has 0 spiro atoms. The average molecular weight is 269 g/mol. The third-order valence-electron chi connectivity index (χ3n) is 2.46. The van der Waals surface area contributed by atoms with E-state index in [1.54, 1.807) is 7.11 Å². The van der Waals surface area contributed by atoms with Gasteiger partial charge in [0, 0.05) is 13.7 Å². The van der Waals surface area contributed by atoms with Crippen molar-refractivity contribution >= 4 is 0 Å². The molecule has 0 saturated carbocycles. The molecular formula is C14H23NO4. The van der Waals surface area contributed by atoms with Crippen LogP contribution < -0.4 is 10.5 Å². The number of hydrogen-bond donors (Lipinski definition) is 1. The van der Waals surface area contributed by atoms with Crippen LogP contribution >= 0.6 is 0 Å². The van der Waals surface area contributed by atoms with Crippen molar-refractivity contribution in [2.24, 2.45) is 5.73 Å². The number of benzene rings is 1. The third kappa shape index (κ3) is 7.79. The first-order valence-corrected chi connectivity index (χ1v) is 6.43. The quantitative estimate of drug-likeness (QED) is 0.612. The van der Waals surface area contributed by atoms with Gasteiger partial charge in [-0.1, -0.05) is 12.1 Å². The van der Waals surface area contributed by atoms with Crippen LogP contribution in [0.5, 0.6) is 5.75 Å². The van der Waals surface area contributed by atoms with Gasteiger partial charge in [-0.05, 0) is 17.7 Å². The highest BCUT2D eigenvalue weighted by molar-refractivity contribution is 5.26. The van der Waals surface area contributed by atoms with Gasteiger partial charge in [0.2, 0.25) is 0 Å². The maximum atomic E-state index is 5.52. The number of ether oxygens (including phenoxy) is 4. The van der Waals surface area contributed by atoms with Crippen LogP contribution in [-0.2, 0) is 20.8 Å². The summed E-state index contributed by atoms with van der Waals surface area (Å²) >= 11 is 0. The van der Waals surface area contributed by atoms with Crippen LogP contribution in [0.3, 0.4) is 0 Å². The predicted octanol–water partition coefficient (Wildman–Crippen LogP) is 1.20. The van der Waals surface area contributed by atoms with Gasteiger partial charge in [0.05, 0.1) is 33.0 Å². The molecular weight excluding hydrogens is 246 g/mol. The smallest absolute Gasteiger partial charge is 0.119 e. The molecule has 0 saturated heterocycles. The van der Waals surface area contributed by atoms with Gasteiger partial charge in [-0.25, -0.2) is 0 Å². The molecule has 0 heterocycles. The zero-order chi connectivity index (χ0) is 13.8. The second-order valence-corrected chi connectivity index (χ2v) is 3.91. The molecule has 0 aliphatic heterocycles. The molecule has 5 nitrogen and oxygen atoms in total. The first-order chi connectivity index (χ1) is 9.36. The topological polar surface area (TPSA) is 62.9 Å². The van der Waals surface area contributed by atoms with Crippen molar-refractivity contribution in [1.29, 1.82) is 0 Å². The Bertz CT molecular complexity index is 316. The lowest BCUT2D eigenvalue weighted by Crippen LogP contribution is -2.12. The molecule has 0 aromatic heterocycles. The Hall–Kier alpha value is -1.14. The molecule has 0 atom stereocenters. The summed E-state index contributed by atoms with van der Waals surface area (Å²) in [7, 11) is 1.65. The van der Waals surface area contributed by atoms with Crippen LogP contribution in [0.25, 0.3) is 0 Å². The molecule has 0 bridgehead atoms. The monoisotopic (exact) mass is 269 g/mol. The van der Waals surface area contributed by atoms with Crippen LogP contribution in [-0.4, -0.2) is 46.8 Å². The van der Waals surface area contributed by atoms with E-state index in [0.717, 1.165) is 11.3 Å². The maximum absolute atomic E-state index is 5.52. The Morgan fingerprint density at radius 2 is 1.42 bits per heavy atom. The number of hydrogen-bond acceptors (Lipinski definition) is 5. The minimum absolute atomic E-state index is 0.528. The van der Waals surface area contributed by atoms with Crippen LogP contribution in [0.2, 0.25) is 0 Å². The summed E-state index contributed by atoms with van der Waals surface area (Å²) in [5.41, 5.74) is 6.61. The summed E-state index contributed by atoms with van der Waals surface area (Å²) in [6, 6.07) is 7.74. The largest absolute Gasteiger partial charge is 0.491 e. The summed E-state index contributed by atoms with van der Waals surface area (Å²) in [5, 5.41) is 0. The Balaban J connectivity index is 1.95. The van der Waals surface area contributed by atoms with Gasteiger partial charge in [0.15, 0.2) is 0 Å². The third-order valence-corrected chi connectivity index (χ3v) is 2.46. The minimum Gasteiger partial charge on any atom is -0.491 e. The van der Waals surface area contributed by atoms with E-state index in [1.165, 1.54) is 0 Å². The lowest BCUT2D eigenvalue weighted by Gasteiger charge is -2.08. The summed E-state index contributed by atoms with van der Waals surface area (Å²) < 4.78 is 21.0. The highest BCUT2D eigenvalue weighted by atomic mass is 16.6. The molecule has 0 aliphatic rings. The maximum Gasteiger partial charge on any atom is 0.119 e. The van der Waals surface area contributed by atoms with E-state index in [1.807, 2.05) is 24.3 Å². The van der Waals surface area contributed by atoms with Gasteiger partial charge >= 0.3 is 0 Å². The number of nitrogens with two attached hydrogens (primary N) is 1. The van der Waals surface area contributed by atoms with Crippen molar-refractivity contribution in [3.8, 4) is 5.75 Å². The molecule has 1 rings (SSSR count). The van der Waals surface area contributed by atoms with Crippen LogP contribution in [0.1, 0.15) is 5.56 Å². The van der Waals surface area contributed by atoms with E-state index in [2.05, 4.69) is 0 Å². The molecule has 1 aromatic rings. The van der Waals surface area contributed by atoms with Gasteiger partial charge < -0.3 is 24.7 Å². The highest BCUT2D eigenvalue weighted by Crippen LogP contribution is 2.11. The van der Waals surface area contributed by atoms with Crippen molar-refractivity contribution in [3.05, 3.63) is 29.8 Å². The SMILES string of the molecule is COCCOCCOCCOc1ccc(CN)cc1. The second-order valence-electron chi connectivity index (χ2n) is 3.91. The van der Waals surface area contributed by atoms with E-state index < -0.39 is 0 Å². The molecule has 0 radical (unpaired) electrons. The molecule has 0 fully saturated rings. The van der Waals surface area contributed by atoms with Crippen LogP contribution in [0.15, 0.2) is 24.3 Å². The van der Waals surface area contributed by atoms with Crippen molar-refractivity contribution in [2.75, 3.05) is 46.8 Å². The zero-order valence-electron chi connectivity index (χ0n) is 11.5. The Kier molecular flexibility index (Phi) is 9.01. The standard InChI is InChI=1S/C14H23NO4/c1-16-6-7-17-8-9-18-10-11-19-14-4-2-13(12-15)3-5-14/h2-5H,6-12,15H2,1H3. The highest BCUT2D eigenvalue weighted by Gasteiger charge is 1.95. The molecule has 5 heteroatoms. The number of methoxy groups -OCH3 is 1. The lowest BCUT2D eigenvalue weighted by atomic mass is 10.2. The van der Waals surface area contributed by atoms with Gasteiger partial charge in [-0.15, -0.1) is 0 Å². The summed E-state index contributed by atoms with van der Waals surface area (Å²) in [4.78, 5) is 0. The molecule has 2 N–H and O–H groups in total. The van der Waals surface area contributed by atoms with Crippen molar-refractivity contribution < 1.29 is 18.9 Å². The van der Waals surface area contributed by atoms with Gasteiger partial charge in [0.1, 0.15) is 12.4 Å². The number of rotatable bonds is 11. The molecule has 0 unspecified atom stereocenters. The van der Waals surface area contributed by atoms with Crippen LogP contribution in [0, 0.1) is 0 Å². The fourth-order valence-electron chi connectivity index (χ4n) is 1.40. The van der Waals surface area contributed by atoms with Crippen LogP contribution in [0.4, 0.5) is 0 Å². The normalized spacial score (nSPS) is 10.6. The molecule has 108 valence electrons. The van der Waals surface area contributed by atoms with E-state index in [9.17, 15) is 0 Å². The van der Waals surface area contributed by atoms with Crippen molar-refractivity contribution in [3.63, 3.8) is 0 Å². The lowest BCUT2D eigenvalue weighted by molar-refractivity contribution is 0.0180. The fourth-order valence-corrected chi connectivity index (χ4v) is 1.40. The Morgan fingerprint density at radius 3 is 2.00 bits per heavy atom. The van der Waals surface area contributed by atoms with E-state index in [-0.39, 0.29) is 0 Å². The second kappa shape index (κ2) is 10.8. The first-order valence-electron chi connectivity index (χ1n) is 6.43. The molecule has 0 aliphatic carbocycles. The van der Waals surface area contributed by atoms with Crippen molar-refractivity contribution in [2.45, 2.75) is 6.54 Å². The molecule has 1 aromatic carbocycles. The van der Waals surface area contributed by atoms with E-state index in [4.69, 9.17) is 24.7 Å². The van der Waals surface area contributed by atoms with E-state index >= 15 is 0 Å². The van der Waals surface area contributed by atoms with Gasteiger partial charge in [-0.3, -0.25) is 0 Å².